The van der Waals surface area contributed by atoms with E-state index in [2.05, 4.69) is 5.32 Å². The van der Waals surface area contributed by atoms with E-state index < -0.39 is 23.5 Å². The van der Waals surface area contributed by atoms with Gasteiger partial charge in [-0.05, 0) is 29.2 Å². The standard InChI is InChI=1S/C20H21NO5S/c1-12(22)27-11-18(19(23)24)21-20(25)26-10-17-15-8-4-2-6-13(15)14-7-3-5-9-16(14)17/h2-9,12,17-18,22H,10-11H2,1H3,(H,21,25)(H,23,24)/t12-,18?/m1/s1. The van der Waals surface area contributed by atoms with Crippen molar-refractivity contribution in [3.63, 3.8) is 0 Å². The molecule has 0 saturated carbocycles. The fourth-order valence-electron chi connectivity index (χ4n) is 3.19. The van der Waals surface area contributed by atoms with Crippen molar-refractivity contribution >= 4 is 23.8 Å². The minimum Gasteiger partial charge on any atom is -0.480 e. The number of ether oxygens (including phenoxy) is 1. The lowest BCUT2D eigenvalue weighted by Crippen LogP contribution is -2.43. The summed E-state index contributed by atoms with van der Waals surface area (Å²) in [5.41, 5.74) is 3.71. The van der Waals surface area contributed by atoms with Gasteiger partial charge in [-0.25, -0.2) is 9.59 Å². The third-order valence-corrected chi connectivity index (χ3v) is 5.45. The van der Waals surface area contributed by atoms with Gasteiger partial charge in [0.05, 0.1) is 5.44 Å². The number of alkyl carbamates (subject to hydrolysis) is 1. The molecule has 1 aliphatic rings. The minimum atomic E-state index is -1.17. The molecule has 0 aromatic heterocycles. The third-order valence-electron chi connectivity index (χ3n) is 4.44. The quantitative estimate of drug-likeness (QED) is 0.632. The van der Waals surface area contributed by atoms with Gasteiger partial charge in [-0.15, -0.1) is 11.8 Å². The van der Waals surface area contributed by atoms with Crippen LogP contribution in [0.5, 0.6) is 0 Å². The van der Waals surface area contributed by atoms with Gasteiger partial charge in [-0.2, -0.15) is 0 Å². The van der Waals surface area contributed by atoms with Crippen LogP contribution in [-0.2, 0) is 9.53 Å². The summed E-state index contributed by atoms with van der Waals surface area (Å²) in [4.78, 5) is 23.4. The summed E-state index contributed by atoms with van der Waals surface area (Å²) in [6, 6.07) is 14.8. The van der Waals surface area contributed by atoms with E-state index in [1.54, 1.807) is 0 Å². The number of carbonyl (C=O) groups is 2. The van der Waals surface area contributed by atoms with Crippen molar-refractivity contribution in [2.24, 2.45) is 0 Å². The van der Waals surface area contributed by atoms with Gasteiger partial charge in [0.15, 0.2) is 0 Å². The zero-order valence-corrected chi connectivity index (χ0v) is 15.6. The maximum absolute atomic E-state index is 12.1. The lowest BCUT2D eigenvalue weighted by Gasteiger charge is -2.17. The molecule has 0 aliphatic heterocycles. The van der Waals surface area contributed by atoms with Crippen molar-refractivity contribution in [2.75, 3.05) is 12.4 Å². The van der Waals surface area contributed by atoms with Crippen LogP contribution in [-0.4, -0.2) is 46.1 Å². The van der Waals surface area contributed by atoms with Crippen molar-refractivity contribution in [1.82, 2.24) is 5.32 Å². The molecule has 27 heavy (non-hydrogen) atoms. The predicted octanol–water partition coefficient (Wildman–Crippen LogP) is 3.05. The van der Waals surface area contributed by atoms with E-state index in [9.17, 15) is 19.8 Å². The van der Waals surface area contributed by atoms with Gasteiger partial charge < -0.3 is 20.3 Å². The molecule has 0 bridgehead atoms. The molecule has 1 amide bonds. The largest absolute Gasteiger partial charge is 0.480 e. The summed E-state index contributed by atoms with van der Waals surface area (Å²) in [7, 11) is 0. The number of carbonyl (C=O) groups excluding carboxylic acids is 1. The number of rotatable bonds is 7. The lowest BCUT2D eigenvalue weighted by molar-refractivity contribution is -0.138. The summed E-state index contributed by atoms with van der Waals surface area (Å²) in [5.74, 6) is -1.20. The van der Waals surface area contributed by atoms with E-state index in [0.717, 1.165) is 34.0 Å². The Hall–Kier alpha value is -2.51. The first-order valence-electron chi connectivity index (χ1n) is 8.61. The smallest absolute Gasteiger partial charge is 0.407 e. The second-order valence-electron chi connectivity index (χ2n) is 6.29. The third kappa shape index (κ3) is 4.43. The number of hydrogen-bond acceptors (Lipinski definition) is 5. The molecule has 0 radical (unpaired) electrons. The summed E-state index contributed by atoms with van der Waals surface area (Å²) in [5, 5.41) is 20.8. The average molecular weight is 387 g/mol. The number of benzene rings is 2. The van der Waals surface area contributed by atoms with Crippen LogP contribution in [0, 0.1) is 0 Å². The Morgan fingerprint density at radius 1 is 1.11 bits per heavy atom. The first kappa shape index (κ1) is 19.3. The molecule has 142 valence electrons. The molecule has 0 saturated heterocycles. The van der Waals surface area contributed by atoms with Crippen molar-refractivity contribution in [2.45, 2.75) is 24.3 Å². The van der Waals surface area contributed by atoms with E-state index in [1.807, 2.05) is 48.5 Å². The predicted molar refractivity (Wildman–Crippen MR) is 104 cm³/mol. The van der Waals surface area contributed by atoms with E-state index in [4.69, 9.17) is 4.74 Å². The molecule has 2 aromatic carbocycles. The van der Waals surface area contributed by atoms with Crippen LogP contribution in [0.25, 0.3) is 11.1 Å². The van der Waals surface area contributed by atoms with Crippen LogP contribution < -0.4 is 5.32 Å². The first-order chi connectivity index (χ1) is 13.0. The fraction of sp³-hybridized carbons (Fsp3) is 0.300. The second kappa shape index (κ2) is 8.45. The van der Waals surface area contributed by atoms with Crippen LogP contribution in [0.4, 0.5) is 4.79 Å². The first-order valence-corrected chi connectivity index (χ1v) is 9.66. The number of aliphatic carboxylic acids is 1. The number of thioether (sulfide) groups is 1. The van der Waals surface area contributed by atoms with Crippen molar-refractivity contribution in [3.05, 3.63) is 59.7 Å². The molecule has 3 N–H and O–H groups in total. The summed E-state index contributed by atoms with van der Waals surface area (Å²) >= 11 is 1.04. The highest BCUT2D eigenvalue weighted by atomic mass is 32.2. The van der Waals surface area contributed by atoms with Gasteiger partial charge >= 0.3 is 12.1 Å². The average Bonchev–Trinajstić information content (AvgIpc) is 2.97. The van der Waals surface area contributed by atoms with Crippen molar-refractivity contribution < 1.29 is 24.5 Å². The topological polar surface area (TPSA) is 95.9 Å². The molecule has 6 nitrogen and oxygen atoms in total. The number of nitrogens with one attached hydrogen (secondary N) is 1. The van der Waals surface area contributed by atoms with Crippen molar-refractivity contribution in [1.29, 1.82) is 0 Å². The van der Waals surface area contributed by atoms with E-state index in [1.165, 1.54) is 6.92 Å². The Balaban J connectivity index is 1.66. The SMILES string of the molecule is C[C@H](O)SCC(NC(=O)OCC1c2ccccc2-c2ccccc21)C(=O)O. The zero-order valence-electron chi connectivity index (χ0n) is 14.8. The molecule has 0 heterocycles. The number of amides is 1. The van der Waals surface area contributed by atoms with Crippen LogP contribution >= 0.6 is 11.8 Å². The highest BCUT2D eigenvalue weighted by Crippen LogP contribution is 2.44. The molecule has 1 aliphatic carbocycles. The maximum atomic E-state index is 12.1. The number of carboxylic acid groups (broad SMARTS) is 1. The van der Waals surface area contributed by atoms with Crippen LogP contribution in [0.2, 0.25) is 0 Å². The lowest BCUT2D eigenvalue weighted by atomic mass is 9.98. The molecule has 0 spiro atoms. The highest BCUT2D eigenvalue weighted by molar-refractivity contribution is 7.99. The van der Waals surface area contributed by atoms with Gasteiger partial charge in [0.25, 0.3) is 0 Å². The number of carboxylic acids is 1. The molecule has 0 fully saturated rings. The van der Waals surface area contributed by atoms with Gasteiger partial charge in [-0.3, -0.25) is 0 Å². The molecule has 2 atom stereocenters. The summed E-state index contributed by atoms with van der Waals surface area (Å²) in [6.07, 6.45) is -0.782. The maximum Gasteiger partial charge on any atom is 0.407 e. The Labute approximate surface area is 161 Å². The number of aliphatic hydroxyl groups excluding tert-OH is 1. The summed E-state index contributed by atoms with van der Waals surface area (Å²) < 4.78 is 5.34. The Morgan fingerprint density at radius 3 is 2.19 bits per heavy atom. The van der Waals surface area contributed by atoms with Crippen LogP contribution in [0.3, 0.4) is 0 Å². The van der Waals surface area contributed by atoms with Crippen molar-refractivity contribution in [3.8, 4) is 11.1 Å². The zero-order chi connectivity index (χ0) is 19.4. The number of aliphatic hydroxyl groups is 1. The Morgan fingerprint density at radius 2 is 1.67 bits per heavy atom. The van der Waals surface area contributed by atoms with Gasteiger partial charge in [0.2, 0.25) is 0 Å². The Kier molecular flexibility index (Phi) is 6.03. The number of hydrogen-bond donors (Lipinski definition) is 3. The van der Waals surface area contributed by atoms with Gasteiger partial charge in [0.1, 0.15) is 12.6 Å². The normalized spacial score (nSPS) is 14.7. The fourth-order valence-corrected chi connectivity index (χ4v) is 3.89. The number of fused-ring (bicyclic) bond motifs is 3. The highest BCUT2D eigenvalue weighted by Gasteiger charge is 2.29. The monoisotopic (exact) mass is 387 g/mol. The molecular weight excluding hydrogens is 366 g/mol. The van der Waals surface area contributed by atoms with Crippen LogP contribution in [0.15, 0.2) is 48.5 Å². The summed E-state index contributed by atoms with van der Waals surface area (Å²) in [6.45, 7) is 1.66. The van der Waals surface area contributed by atoms with E-state index in [-0.39, 0.29) is 18.3 Å². The van der Waals surface area contributed by atoms with Gasteiger partial charge in [-0.1, -0.05) is 48.5 Å². The van der Waals surface area contributed by atoms with E-state index in [0.29, 0.717) is 0 Å². The van der Waals surface area contributed by atoms with Gasteiger partial charge in [0, 0.05) is 11.7 Å². The van der Waals surface area contributed by atoms with Crippen LogP contribution in [0.1, 0.15) is 24.0 Å². The Bertz CT molecular complexity index is 793. The molecule has 2 aromatic rings. The molecule has 3 rings (SSSR count). The molecule has 1 unspecified atom stereocenters. The van der Waals surface area contributed by atoms with E-state index >= 15 is 0 Å². The minimum absolute atomic E-state index is 0.0528. The second-order valence-corrected chi connectivity index (χ2v) is 7.64. The molecular formula is C20H21NO5S. The molecule has 7 heteroatoms.